The van der Waals surface area contributed by atoms with Crippen LogP contribution in [0.25, 0.3) is 0 Å². The van der Waals surface area contributed by atoms with Crippen LogP contribution >= 0.6 is 0 Å². The van der Waals surface area contributed by atoms with E-state index in [0.29, 0.717) is 17.4 Å². The number of hydrogen-bond donors (Lipinski definition) is 0. The fraction of sp³-hybridized carbons (Fsp3) is 0.754. The number of ether oxygens (including phenoxy) is 4. The van der Waals surface area contributed by atoms with Gasteiger partial charge in [-0.05, 0) is 83.5 Å². The minimum atomic E-state index is -1.63. The summed E-state index contributed by atoms with van der Waals surface area (Å²) in [6.45, 7) is 4.62. The SMILES string of the molecule is CC/C=C\C/C=C\C/C=C\C/C=C\CCCCCCCCCCCCCCCCC(=O)OC(COC(=O)CCCCCCCCC/C=C\C/C=C\CCCCCC)COC(OCC[N+](C)(C)C)C(=O)[O-]. The van der Waals surface area contributed by atoms with Crippen molar-refractivity contribution in [2.24, 2.45) is 0 Å². The van der Waals surface area contributed by atoms with E-state index >= 15 is 0 Å². The summed E-state index contributed by atoms with van der Waals surface area (Å²) in [7, 11) is 5.92. The Bertz CT molecular complexity index is 1380. The number of rotatable bonds is 52. The molecular weight excluding hydrogens is 875 g/mol. The molecule has 0 saturated carbocycles. The van der Waals surface area contributed by atoms with Gasteiger partial charge in [0.05, 0.1) is 40.3 Å². The number of nitrogens with zero attached hydrogens (tertiary/aromatic N) is 1. The monoisotopic (exact) mass is 982 g/mol. The molecule has 0 radical (unpaired) electrons. The van der Waals surface area contributed by atoms with Gasteiger partial charge in [0.15, 0.2) is 12.4 Å². The molecule has 0 fully saturated rings. The molecule has 0 aliphatic heterocycles. The van der Waals surface area contributed by atoms with Crippen LogP contribution in [0.2, 0.25) is 0 Å². The number of carboxylic acid groups (broad SMARTS) is 1. The van der Waals surface area contributed by atoms with E-state index in [9.17, 15) is 19.5 Å². The predicted octanol–water partition coefficient (Wildman–Crippen LogP) is 15.3. The first kappa shape index (κ1) is 66.7. The summed E-state index contributed by atoms with van der Waals surface area (Å²) in [6.07, 6.45) is 63.7. The standard InChI is InChI=1S/C61H107NO8/c1-6-8-10-12-14-16-18-20-22-24-26-27-28-29-30-31-32-33-34-36-38-40-42-44-46-48-50-52-59(64)70-57(56-69-61(60(65)66)67-54-53-62(3,4)5)55-68-58(63)51-49-47-45-43-41-39-37-35-25-23-21-19-17-15-13-11-9-7-2/h8,10,14,16-17,19-20,22-23,25-27,57,61H,6-7,9,11-13,15,18,21,24,28-56H2,1-5H3/b10-8-,16-14-,19-17-,22-20-,25-23-,27-26-. The molecule has 0 amide bonds. The molecule has 0 aromatic rings. The average molecular weight is 983 g/mol. The Morgan fingerprint density at radius 3 is 1.21 bits per heavy atom. The van der Waals surface area contributed by atoms with Crippen molar-refractivity contribution >= 4 is 17.9 Å². The Morgan fingerprint density at radius 1 is 0.443 bits per heavy atom. The Morgan fingerprint density at radius 2 is 0.814 bits per heavy atom. The lowest BCUT2D eigenvalue weighted by Crippen LogP contribution is -2.44. The molecule has 0 bridgehead atoms. The van der Waals surface area contributed by atoms with Gasteiger partial charge in [-0.25, -0.2) is 0 Å². The van der Waals surface area contributed by atoms with Crippen molar-refractivity contribution in [3.05, 3.63) is 72.9 Å². The zero-order chi connectivity index (χ0) is 51.3. The van der Waals surface area contributed by atoms with E-state index in [1.165, 1.54) is 122 Å². The summed E-state index contributed by atoms with van der Waals surface area (Å²) in [5.41, 5.74) is 0. The van der Waals surface area contributed by atoms with Crippen LogP contribution in [0.1, 0.15) is 239 Å². The Labute approximate surface area is 430 Å². The second-order valence-corrected chi connectivity index (χ2v) is 20.2. The summed E-state index contributed by atoms with van der Waals surface area (Å²) in [5.74, 6) is -2.29. The molecule has 0 aliphatic carbocycles. The summed E-state index contributed by atoms with van der Waals surface area (Å²) in [4.78, 5) is 37.3. The van der Waals surface area contributed by atoms with Crippen molar-refractivity contribution < 1.29 is 42.9 Å². The molecule has 2 atom stereocenters. The fourth-order valence-corrected chi connectivity index (χ4v) is 7.79. The topological polar surface area (TPSA) is 111 Å². The van der Waals surface area contributed by atoms with Crippen molar-refractivity contribution in [2.75, 3.05) is 47.5 Å². The molecule has 404 valence electrons. The molecule has 0 aromatic heterocycles. The van der Waals surface area contributed by atoms with Crippen LogP contribution in [0.15, 0.2) is 72.9 Å². The van der Waals surface area contributed by atoms with Crippen LogP contribution < -0.4 is 5.11 Å². The first-order valence-corrected chi connectivity index (χ1v) is 28.6. The molecule has 0 rings (SSSR count). The third-order valence-corrected chi connectivity index (χ3v) is 12.2. The van der Waals surface area contributed by atoms with E-state index in [0.717, 1.165) is 83.5 Å². The number of allylic oxidation sites excluding steroid dienone is 12. The molecule has 0 saturated heterocycles. The van der Waals surface area contributed by atoms with Gasteiger partial charge < -0.3 is 33.3 Å². The van der Waals surface area contributed by atoms with Crippen molar-refractivity contribution in [1.29, 1.82) is 0 Å². The summed E-state index contributed by atoms with van der Waals surface area (Å²) < 4.78 is 22.7. The zero-order valence-corrected chi connectivity index (χ0v) is 45.9. The molecule has 0 spiro atoms. The largest absolute Gasteiger partial charge is 0.545 e. The van der Waals surface area contributed by atoms with Crippen LogP contribution in [0.5, 0.6) is 0 Å². The van der Waals surface area contributed by atoms with E-state index in [-0.39, 0.29) is 38.6 Å². The normalized spacial score (nSPS) is 13.3. The van der Waals surface area contributed by atoms with Gasteiger partial charge in [0.25, 0.3) is 0 Å². The lowest BCUT2D eigenvalue weighted by atomic mass is 10.0. The number of carboxylic acids is 1. The quantitative estimate of drug-likeness (QED) is 0.0195. The van der Waals surface area contributed by atoms with E-state index in [4.69, 9.17) is 18.9 Å². The number of carbonyl (C=O) groups is 3. The van der Waals surface area contributed by atoms with Crippen LogP contribution in [0.3, 0.4) is 0 Å². The maximum absolute atomic E-state index is 12.9. The molecule has 2 unspecified atom stereocenters. The Hall–Kier alpha value is -3.27. The first-order chi connectivity index (χ1) is 34.1. The van der Waals surface area contributed by atoms with Crippen LogP contribution in [-0.2, 0) is 33.3 Å². The maximum Gasteiger partial charge on any atom is 0.306 e. The van der Waals surface area contributed by atoms with Crippen molar-refractivity contribution in [1.82, 2.24) is 0 Å². The van der Waals surface area contributed by atoms with E-state index in [2.05, 4.69) is 86.8 Å². The lowest BCUT2D eigenvalue weighted by Gasteiger charge is -2.26. The molecule has 0 N–H and O–H groups in total. The van der Waals surface area contributed by atoms with E-state index < -0.39 is 24.3 Å². The number of carbonyl (C=O) groups excluding carboxylic acids is 3. The first-order valence-electron chi connectivity index (χ1n) is 28.6. The van der Waals surface area contributed by atoms with Gasteiger partial charge in [0.2, 0.25) is 0 Å². The number of esters is 2. The average Bonchev–Trinajstić information content (AvgIpc) is 3.33. The van der Waals surface area contributed by atoms with Gasteiger partial charge >= 0.3 is 11.9 Å². The van der Waals surface area contributed by atoms with E-state index in [1.54, 1.807) is 0 Å². The highest BCUT2D eigenvalue weighted by atomic mass is 16.7. The van der Waals surface area contributed by atoms with Gasteiger partial charge in [0.1, 0.15) is 13.2 Å². The molecule has 9 heteroatoms. The smallest absolute Gasteiger partial charge is 0.306 e. The number of quaternary nitrogens is 1. The molecule has 0 heterocycles. The highest BCUT2D eigenvalue weighted by Crippen LogP contribution is 2.16. The summed E-state index contributed by atoms with van der Waals surface area (Å²) in [5, 5.41) is 11.8. The van der Waals surface area contributed by atoms with Crippen LogP contribution in [0, 0.1) is 0 Å². The highest BCUT2D eigenvalue weighted by Gasteiger charge is 2.22. The second-order valence-electron chi connectivity index (χ2n) is 20.2. The molecule has 0 aliphatic rings. The summed E-state index contributed by atoms with van der Waals surface area (Å²) >= 11 is 0. The number of unbranched alkanes of at least 4 members (excludes halogenated alkanes) is 25. The molecule has 0 aromatic carbocycles. The zero-order valence-electron chi connectivity index (χ0n) is 45.9. The lowest BCUT2D eigenvalue weighted by molar-refractivity contribution is -0.870. The minimum Gasteiger partial charge on any atom is -0.545 e. The maximum atomic E-state index is 12.9. The Kier molecular flexibility index (Phi) is 49.6. The Balaban J connectivity index is 4.24. The van der Waals surface area contributed by atoms with Gasteiger partial charge in [-0.3, -0.25) is 9.59 Å². The van der Waals surface area contributed by atoms with Gasteiger partial charge in [-0.1, -0.05) is 215 Å². The van der Waals surface area contributed by atoms with E-state index in [1.807, 2.05) is 21.1 Å². The summed E-state index contributed by atoms with van der Waals surface area (Å²) in [6, 6.07) is 0. The third-order valence-electron chi connectivity index (χ3n) is 12.2. The third kappa shape index (κ3) is 52.6. The van der Waals surface area contributed by atoms with Crippen LogP contribution in [0.4, 0.5) is 0 Å². The van der Waals surface area contributed by atoms with Crippen molar-refractivity contribution in [2.45, 2.75) is 251 Å². The minimum absolute atomic E-state index is 0.144. The van der Waals surface area contributed by atoms with Crippen LogP contribution in [-0.4, -0.2) is 82.3 Å². The van der Waals surface area contributed by atoms with Gasteiger partial charge in [-0.2, -0.15) is 0 Å². The van der Waals surface area contributed by atoms with Crippen molar-refractivity contribution in [3.8, 4) is 0 Å². The van der Waals surface area contributed by atoms with Gasteiger partial charge in [0, 0.05) is 12.8 Å². The molecular formula is C61H107NO8. The molecule has 70 heavy (non-hydrogen) atoms. The van der Waals surface area contributed by atoms with Gasteiger partial charge in [-0.15, -0.1) is 0 Å². The fourth-order valence-electron chi connectivity index (χ4n) is 7.79. The second kappa shape index (κ2) is 52.1. The van der Waals surface area contributed by atoms with Crippen molar-refractivity contribution in [3.63, 3.8) is 0 Å². The predicted molar refractivity (Wildman–Crippen MR) is 292 cm³/mol. The number of likely N-dealkylation sites (N-methyl/N-ethyl adjacent to an activating group) is 1. The highest BCUT2D eigenvalue weighted by molar-refractivity contribution is 5.70. The molecule has 9 nitrogen and oxygen atoms in total. The number of aliphatic carboxylic acids is 1. The number of hydrogen-bond acceptors (Lipinski definition) is 8.